The first-order valence-electron chi connectivity index (χ1n) is 4.32. The summed E-state index contributed by atoms with van der Waals surface area (Å²) in [7, 11) is 0. The van der Waals surface area contributed by atoms with E-state index in [0.717, 1.165) is 11.4 Å². The molecule has 0 atom stereocenters. The molecule has 0 aliphatic rings. The van der Waals surface area contributed by atoms with Gasteiger partial charge in [-0.05, 0) is 47.1 Å². The first-order chi connectivity index (χ1) is 7.09. The topological polar surface area (TPSA) is 37.8 Å². The summed E-state index contributed by atoms with van der Waals surface area (Å²) < 4.78 is 2.02. The van der Waals surface area contributed by atoms with Crippen molar-refractivity contribution in [1.29, 1.82) is 0 Å². The predicted octanol–water partition coefficient (Wildman–Crippen LogP) is 2.89. The number of aryl methyl sites for hydroxylation is 1. The quantitative estimate of drug-likeness (QED) is 0.860. The summed E-state index contributed by atoms with van der Waals surface area (Å²) >= 11 is 8.99. The van der Waals surface area contributed by atoms with Gasteiger partial charge >= 0.3 is 0 Å². The molecule has 3 nitrogen and oxygen atoms in total. The lowest BCUT2D eigenvalue weighted by Gasteiger charge is -2.00. The van der Waals surface area contributed by atoms with Crippen molar-refractivity contribution in [2.45, 2.75) is 6.92 Å². The van der Waals surface area contributed by atoms with Crippen molar-refractivity contribution >= 4 is 27.5 Å². The fourth-order valence-electron chi connectivity index (χ4n) is 1.30. The number of hydrogen-bond donors (Lipinski definition) is 1. The molecule has 0 bridgehead atoms. The van der Waals surface area contributed by atoms with E-state index in [0.29, 0.717) is 9.50 Å². The third kappa shape index (κ3) is 1.87. The molecule has 0 amide bonds. The summed E-state index contributed by atoms with van der Waals surface area (Å²) in [6.45, 7) is 1.83. The molecule has 0 aliphatic heterocycles. The number of hydrogen-bond acceptors (Lipinski definition) is 1. The summed E-state index contributed by atoms with van der Waals surface area (Å²) in [5.41, 5.74) is 1.46. The summed E-state index contributed by atoms with van der Waals surface area (Å²) in [5.74, 6) is 0. The van der Waals surface area contributed by atoms with Crippen LogP contribution in [0.15, 0.2) is 33.5 Å². The average Bonchev–Trinajstić information content (AvgIpc) is 2.47. The number of halogens is 2. The lowest BCUT2D eigenvalue weighted by Crippen LogP contribution is -2.14. The zero-order valence-corrected chi connectivity index (χ0v) is 10.3. The van der Waals surface area contributed by atoms with Crippen LogP contribution in [-0.4, -0.2) is 9.78 Å². The van der Waals surface area contributed by atoms with Crippen LogP contribution in [0.25, 0.3) is 5.69 Å². The first-order valence-corrected chi connectivity index (χ1v) is 5.50. The van der Waals surface area contributed by atoms with E-state index in [-0.39, 0.29) is 5.56 Å². The van der Waals surface area contributed by atoms with E-state index in [1.165, 1.54) is 4.68 Å². The SMILES string of the molecule is Cc1[nH]n(-c2ccc(Cl)cc2)c(=O)c1Br. The van der Waals surface area contributed by atoms with Crippen LogP contribution in [-0.2, 0) is 0 Å². The van der Waals surface area contributed by atoms with Crippen molar-refractivity contribution in [2.24, 2.45) is 0 Å². The average molecular weight is 288 g/mol. The van der Waals surface area contributed by atoms with E-state index in [1.807, 2.05) is 6.92 Å². The number of rotatable bonds is 1. The van der Waals surface area contributed by atoms with Gasteiger partial charge < -0.3 is 0 Å². The molecule has 0 saturated carbocycles. The smallest absolute Gasteiger partial charge is 0.285 e. The van der Waals surface area contributed by atoms with Crippen molar-refractivity contribution in [3.63, 3.8) is 0 Å². The number of H-pyrrole nitrogens is 1. The van der Waals surface area contributed by atoms with E-state index >= 15 is 0 Å². The molecule has 1 aromatic carbocycles. The van der Waals surface area contributed by atoms with Crippen molar-refractivity contribution in [3.05, 3.63) is 49.8 Å². The second kappa shape index (κ2) is 3.87. The summed E-state index contributed by atoms with van der Waals surface area (Å²) in [5, 5.41) is 3.61. The van der Waals surface area contributed by atoms with Gasteiger partial charge in [-0.1, -0.05) is 11.6 Å². The monoisotopic (exact) mass is 286 g/mol. The maximum atomic E-state index is 11.7. The highest BCUT2D eigenvalue weighted by atomic mass is 79.9. The van der Waals surface area contributed by atoms with Gasteiger partial charge in [0.05, 0.1) is 5.69 Å². The summed E-state index contributed by atoms with van der Waals surface area (Å²) in [4.78, 5) is 11.7. The van der Waals surface area contributed by atoms with Crippen LogP contribution in [0.4, 0.5) is 0 Å². The molecule has 15 heavy (non-hydrogen) atoms. The zero-order valence-electron chi connectivity index (χ0n) is 7.92. The molecular formula is C10H8BrClN2O. The van der Waals surface area contributed by atoms with Crippen LogP contribution in [0.2, 0.25) is 5.02 Å². The predicted molar refractivity (Wildman–Crippen MR) is 63.8 cm³/mol. The van der Waals surface area contributed by atoms with E-state index in [9.17, 15) is 4.79 Å². The number of benzene rings is 1. The number of nitrogens with zero attached hydrogens (tertiary/aromatic N) is 1. The van der Waals surface area contributed by atoms with E-state index in [2.05, 4.69) is 21.0 Å². The molecule has 2 aromatic rings. The van der Waals surface area contributed by atoms with Crippen molar-refractivity contribution in [3.8, 4) is 5.69 Å². The van der Waals surface area contributed by atoms with Gasteiger partial charge in [0, 0.05) is 10.7 Å². The van der Waals surface area contributed by atoms with Gasteiger partial charge in [0.25, 0.3) is 5.56 Å². The van der Waals surface area contributed by atoms with Gasteiger partial charge in [-0.25, -0.2) is 4.68 Å². The van der Waals surface area contributed by atoms with Crippen molar-refractivity contribution < 1.29 is 0 Å². The molecular weight excluding hydrogens is 279 g/mol. The highest BCUT2D eigenvalue weighted by Gasteiger charge is 2.08. The number of nitrogens with one attached hydrogen (secondary N) is 1. The third-order valence-corrected chi connectivity index (χ3v) is 3.27. The van der Waals surface area contributed by atoms with Crippen LogP contribution in [0.5, 0.6) is 0 Å². The Morgan fingerprint density at radius 1 is 1.33 bits per heavy atom. The molecule has 0 saturated heterocycles. The van der Waals surface area contributed by atoms with Crippen LogP contribution >= 0.6 is 27.5 Å². The molecule has 0 fully saturated rings. The van der Waals surface area contributed by atoms with Gasteiger partial charge in [0.1, 0.15) is 4.47 Å². The zero-order chi connectivity index (χ0) is 11.0. The van der Waals surface area contributed by atoms with Crippen LogP contribution in [0, 0.1) is 6.92 Å². The second-order valence-corrected chi connectivity index (χ2v) is 4.40. The second-order valence-electron chi connectivity index (χ2n) is 3.17. The van der Waals surface area contributed by atoms with Gasteiger partial charge in [-0.15, -0.1) is 0 Å². The largest absolute Gasteiger partial charge is 0.294 e. The maximum Gasteiger partial charge on any atom is 0.285 e. The number of aromatic amines is 1. The van der Waals surface area contributed by atoms with Crippen LogP contribution in [0.3, 0.4) is 0 Å². The highest BCUT2D eigenvalue weighted by molar-refractivity contribution is 9.10. The van der Waals surface area contributed by atoms with Crippen molar-refractivity contribution in [2.75, 3.05) is 0 Å². The van der Waals surface area contributed by atoms with E-state index < -0.39 is 0 Å². The Hall–Kier alpha value is -1.00. The highest BCUT2D eigenvalue weighted by Crippen LogP contribution is 2.14. The third-order valence-electron chi connectivity index (χ3n) is 2.08. The van der Waals surface area contributed by atoms with E-state index in [1.54, 1.807) is 24.3 Å². The minimum absolute atomic E-state index is 0.102. The Bertz CT molecular complexity index is 542. The lowest BCUT2D eigenvalue weighted by molar-refractivity contribution is 0.835. The minimum atomic E-state index is -0.102. The maximum absolute atomic E-state index is 11.7. The Kier molecular flexibility index (Phi) is 2.71. The molecule has 5 heteroatoms. The van der Waals surface area contributed by atoms with Crippen molar-refractivity contribution in [1.82, 2.24) is 9.78 Å². The molecule has 0 aliphatic carbocycles. The molecule has 0 radical (unpaired) electrons. The van der Waals surface area contributed by atoms with Crippen LogP contribution in [0.1, 0.15) is 5.69 Å². The molecule has 0 spiro atoms. The Morgan fingerprint density at radius 3 is 2.40 bits per heavy atom. The fourth-order valence-corrected chi connectivity index (χ4v) is 1.69. The summed E-state index contributed by atoms with van der Waals surface area (Å²) in [6, 6.07) is 7.05. The van der Waals surface area contributed by atoms with Crippen LogP contribution < -0.4 is 5.56 Å². The molecule has 78 valence electrons. The summed E-state index contributed by atoms with van der Waals surface area (Å²) in [6.07, 6.45) is 0. The minimum Gasteiger partial charge on any atom is -0.294 e. The molecule has 1 N–H and O–H groups in total. The van der Waals surface area contributed by atoms with Gasteiger partial charge in [0.15, 0.2) is 0 Å². The fraction of sp³-hybridized carbons (Fsp3) is 0.100. The molecule has 2 rings (SSSR count). The Morgan fingerprint density at radius 2 is 1.93 bits per heavy atom. The lowest BCUT2D eigenvalue weighted by atomic mass is 10.3. The molecule has 1 heterocycles. The first kappa shape index (κ1) is 10.5. The van der Waals surface area contributed by atoms with Gasteiger partial charge in [-0.2, -0.15) is 0 Å². The molecule has 1 aromatic heterocycles. The standard InChI is InChI=1S/C10H8BrClN2O/c1-6-9(11)10(15)14(13-6)8-4-2-7(12)3-5-8/h2-5,13H,1H3. The Labute approximate surface area is 99.8 Å². The number of aromatic nitrogens is 2. The normalized spacial score (nSPS) is 10.6. The molecule has 0 unspecified atom stereocenters. The van der Waals surface area contributed by atoms with Gasteiger partial charge in [-0.3, -0.25) is 9.89 Å². The Balaban J connectivity index is 2.59. The van der Waals surface area contributed by atoms with Gasteiger partial charge in [0.2, 0.25) is 0 Å². The van der Waals surface area contributed by atoms with E-state index in [4.69, 9.17) is 11.6 Å².